The van der Waals surface area contributed by atoms with Gasteiger partial charge in [0.05, 0.1) is 5.38 Å². The molecule has 1 atom stereocenters. The van der Waals surface area contributed by atoms with Crippen LogP contribution in [-0.4, -0.2) is 0 Å². The van der Waals surface area contributed by atoms with E-state index < -0.39 is 0 Å². The molecule has 1 heteroatoms. The summed E-state index contributed by atoms with van der Waals surface area (Å²) in [6.45, 7) is 4.35. The van der Waals surface area contributed by atoms with Crippen molar-refractivity contribution in [1.82, 2.24) is 0 Å². The smallest absolute Gasteiger partial charge is 0.0608 e. The summed E-state index contributed by atoms with van der Waals surface area (Å²) in [4.78, 5) is 0. The molecule has 1 aromatic carbocycles. The summed E-state index contributed by atoms with van der Waals surface area (Å²) < 4.78 is 0. The van der Waals surface area contributed by atoms with E-state index in [0.717, 1.165) is 5.92 Å². The molecule has 0 bridgehead atoms. The predicted molar refractivity (Wildman–Crippen MR) is 75.7 cm³/mol. The molecule has 1 aliphatic rings. The molecule has 0 N–H and O–H groups in total. The van der Waals surface area contributed by atoms with E-state index in [2.05, 4.69) is 38.1 Å². The predicted octanol–water partition coefficient (Wildman–Crippen LogP) is 5.67. The van der Waals surface area contributed by atoms with Gasteiger partial charge in [0.25, 0.3) is 0 Å². The third-order valence-corrected chi connectivity index (χ3v) is 4.67. The van der Waals surface area contributed by atoms with Crippen LogP contribution in [0.5, 0.6) is 0 Å². The highest BCUT2D eigenvalue weighted by molar-refractivity contribution is 6.20. The Morgan fingerprint density at radius 1 is 1.00 bits per heavy atom. The van der Waals surface area contributed by atoms with Gasteiger partial charge >= 0.3 is 0 Å². The maximum absolute atomic E-state index is 6.38. The van der Waals surface area contributed by atoms with Gasteiger partial charge in [-0.2, -0.15) is 0 Å². The van der Waals surface area contributed by atoms with Crippen LogP contribution in [0.4, 0.5) is 0 Å². The monoisotopic (exact) mass is 250 g/mol. The van der Waals surface area contributed by atoms with Crippen LogP contribution in [0.1, 0.15) is 68.4 Å². The fourth-order valence-electron chi connectivity index (χ4n) is 2.77. The fourth-order valence-corrected chi connectivity index (χ4v) is 2.92. The number of alkyl halides is 1. The molecule has 0 heterocycles. The van der Waals surface area contributed by atoms with Gasteiger partial charge in [-0.25, -0.2) is 0 Å². The van der Waals surface area contributed by atoms with Crippen molar-refractivity contribution in [2.24, 2.45) is 5.92 Å². The molecule has 1 aromatic rings. The van der Waals surface area contributed by atoms with E-state index in [9.17, 15) is 0 Å². The Hall–Kier alpha value is -0.490. The average molecular weight is 251 g/mol. The minimum atomic E-state index is 0.149. The lowest BCUT2D eigenvalue weighted by Gasteiger charge is -2.22. The van der Waals surface area contributed by atoms with Gasteiger partial charge in [-0.3, -0.25) is 0 Å². The highest BCUT2D eigenvalue weighted by Gasteiger charge is 2.16. The second-order valence-corrected chi connectivity index (χ2v) is 6.12. The number of hydrogen-bond acceptors (Lipinski definition) is 0. The minimum Gasteiger partial charge on any atom is -0.118 e. The molecule has 0 aliphatic heterocycles. The Balaban J connectivity index is 2.06. The normalized spacial score (nSPS) is 19.5. The Labute approximate surface area is 110 Å². The maximum Gasteiger partial charge on any atom is 0.0608 e. The number of rotatable bonds is 3. The standard InChI is InChI=1S/C16H23Cl/c1-12(2)16(17)15-10-8-14(9-11-15)13-6-4-3-5-7-13/h8-13,16H,3-7H2,1-2H3. The van der Waals surface area contributed by atoms with Crippen LogP contribution in [-0.2, 0) is 0 Å². The second-order valence-electron chi connectivity index (χ2n) is 5.65. The van der Waals surface area contributed by atoms with Gasteiger partial charge in [0.2, 0.25) is 0 Å². The van der Waals surface area contributed by atoms with Crippen molar-refractivity contribution >= 4 is 11.6 Å². The summed E-state index contributed by atoms with van der Waals surface area (Å²) in [6.07, 6.45) is 6.96. The largest absolute Gasteiger partial charge is 0.118 e. The van der Waals surface area contributed by atoms with E-state index in [1.165, 1.54) is 43.2 Å². The van der Waals surface area contributed by atoms with Crippen LogP contribution >= 0.6 is 11.6 Å². The van der Waals surface area contributed by atoms with Crippen molar-refractivity contribution in [2.75, 3.05) is 0 Å². The Morgan fingerprint density at radius 3 is 2.12 bits per heavy atom. The van der Waals surface area contributed by atoms with E-state index >= 15 is 0 Å². The molecule has 1 aliphatic carbocycles. The Bertz CT molecular complexity index is 333. The lowest BCUT2D eigenvalue weighted by Crippen LogP contribution is -2.05. The van der Waals surface area contributed by atoms with Crippen molar-refractivity contribution in [1.29, 1.82) is 0 Å². The lowest BCUT2D eigenvalue weighted by molar-refractivity contribution is 0.443. The van der Waals surface area contributed by atoms with E-state index in [4.69, 9.17) is 11.6 Å². The van der Waals surface area contributed by atoms with Crippen molar-refractivity contribution in [3.05, 3.63) is 35.4 Å². The van der Waals surface area contributed by atoms with Crippen LogP contribution in [0.2, 0.25) is 0 Å². The van der Waals surface area contributed by atoms with Crippen molar-refractivity contribution < 1.29 is 0 Å². The topological polar surface area (TPSA) is 0 Å². The number of halogens is 1. The third kappa shape index (κ3) is 3.25. The molecule has 1 fully saturated rings. The first-order chi connectivity index (χ1) is 8.18. The molecular formula is C16H23Cl. The summed E-state index contributed by atoms with van der Waals surface area (Å²) in [5.74, 6) is 1.29. The highest BCUT2D eigenvalue weighted by Crippen LogP contribution is 2.34. The minimum absolute atomic E-state index is 0.149. The Kier molecular flexibility index (Phi) is 4.50. The van der Waals surface area contributed by atoms with Crippen molar-refractivity contribution in [3.63, 3.8) is 0 Å². The second kappa shape index (κ2) is 5.91. The molecule has 17 heavy (non-hydrogen) atoms. The third-order valence-electron chi connectivity index (χ3n) is 3.92. The van der Waals surface area contributed by atoms with Gasteiger partial charge in [0.1, 0.15) is 0 Å². The van der Waals surface area contributed by atoms with Crippen LogP contribution < -0.4 is 0 Å². The molecule has 0 aromatic heterocycles. The summed E-state index contributed by atoms with van der Waals surface area (Å²) in [5, 5.41) is 0.149. The average Bonchev–Trinajstić information content (AvgIpc) is 2.39. The quantitative estimate of drug-likeness (QED) is 0.607. The molecule has 94 valence electrons. The van der Waals surface area contributed by atoms with Gasteiger partial charge in [-0.1, -0.05) is 57.4 Å². The van der Waals surface area contributed by atoms with Gasteiger partial charge in [-0.15, -0.1) is 11.6 Å². The highest BCUT2D eigenvalue weighted by atomic mass is 35.5. The summed E-state index contributed by atoms with van der Waals surface area (Å²) in [6, 6.07) is 9.04. The molecule has 0 radical (unpaired) electrons. The molecule has 0 amide bonds. The van der Waals surface area contributed by atoms with Crippen LogP contribution in [0.25, 0.3) is 0 Å². The van der Waals surface area contributed by atoms with E-state index in [-0.39, 0.29) is 5.38 Å². The molecule has 0 nitrogen and oxygen atoms in total. The molecule has 0 saturated heterocycles. The van der Waals surface area contributed by atoms with Crippen molar-refractivity contribution in [3.8, 4) is 0 Å². The lowest BCUT2D eigenvalue weighted by atomic mass is 9.83. The molecule has 1 unspecified atom stereocenters. The van der Waals surface area contributed by atoms with E-state index in [1.807, 2.05) is 0 Å². The Morgan fingerprint density at radius 2 is 1.59 bits per heavy atom. The maximum atomic E-state index is 6.38. The first kappa shape index (κ1) is 13.0. The first-order valence-electron chi connectivity index (χ1n) is 6.92. The summed E-state index contributed by atoms with van der Waals surface area (Å²) >= 11 is 6.38. The van der Waals surface area contributed by atoms with Gasteiger partial charge in [0.15, 0.2) is 0 Å². The zero-order valence-electron chi connectivity index (χ0n) is 11.0. The number of benzene rings is 1. The van der Waals surface area contributed by atoms with E-state index in [0.29, 0.717) is 5.92 Å². The SMILES string of the molecule is CC(C)C(Cl)c1ccc(C2CCCCC2)cc1. The zero-order valence-corrected chi connectivity index (χ0v) is 11.7. The van der Waals surface area contributed by atoms with Crippen molar-refractivity contribution in [2.45, 2.75) is 57.2 Å². The fraction of sp³-hybridized carbons (Fsp3) is 0.625. The van der Waals surface area contributed by atoms with Gasteiger partial charge < -0.3 is 0 Å². The first-order valence-corrected chi connectivity index (χ1v) is 7.36. The molecule has 0 spiro atoms. The van der Waals surface area contributed by atoms with E-state index in [1.54, 1.807) is 0 Å². The van der Waals surface area contributed by atoms with Crippen LogP contribution in [0, 0.1) is 5.92 Å². The van der Waals surface area contributed by atoms with Crippen LogP contribution in [0.15, 0.2) is 24.3 Å². The molecule has 2 rings (SSSR count). The summed E-state index contributed by atoms with van der Waals surface area (Å²) in [7, 11) is 0. The number of hydrogen-bond donors (Lipinski definition) is 0. The molecular weight excluding hydrogens is 228 g/mol. The van der Waals surface area contributed by atoms with Crippen LogP contribution in [0.3, 0.4) is 0 Å². The van der Waals surface area contributed by atoms with Gasteiger partial charge in [-0.05, 0) is 35.8 Å². The summed E-state index contributed by atoms with van der Waals surface area (Å²) in [5.41, 5.74) is 2.78. The molecule has 1 saturated carbocycles. The zero-order chi connectivity index (χ0) is 12.3. The van der Waals surface area contributed by atoms with Gasteiger partial charge in [0, 0.05) is 0 Å².